The molecule has 0 radical (unpaired) electrons. The van der Waals surface area contributed by atoms with E-state index in [0.717, 1.165) is 23.5 Å². The summed E-state index contributed by atoms with van der Waals surface area (Å²) >= 11 is 1.08. The van der Waals surface area contributed by atoms with Crippen molar-refractivity contribution < 1.29 is 22.7 Å². The van der Waals surface area contributed by atoms with Gasteiger partial charge in [0, 0.05) is 5.56 Å². The summed E-state index contributed by atoms with van der Waals surface area (Å²) in [4.78, 5) is 21.8. The van der Waals surface area contributed by atoms with Gasteiger partial charge in [-0.2, -0.15) is 15.2 Å². The molecule has 13 heteroatoms. The molecule has 9 nitrogen and oxygen atoms in total. The number of nitrogens with one attached hydrogen (secondary N) is 1. The number of thiazole rings is 1. The highest BCUT2D eigenvalue weighted by atomic mass is 32.1. The molecule has 0 aliphatic heterocycles. The van der Waals surface area contributed by atoms with Crippen LogP contribution in [0.3, 0.4) is 0 Å². The summed E-state index contributed by atoms with van der Waals surface area (Å²) in [6.07, 6.45) is -3.59. The lowest BCUT2D eigenvalue weighted by Crippen LogP contribution is -2.29. The second kappa shape index (κ2) is 9.11. The molecule has 0 spiro atoms. The Kier molecular flexibility index (Phi) is 6.61. The van der Waals surface area contributed by atoms with Gasteiger partial charge >= 0.3 is 6.36 Å². The van der Waals surface area contributed by atoms with Gasteiger partial charge in [0.05, 0.1) is 23.7 Å². The molecule has 1 aromatic carbocycles. The van der Waals surface area contributed by atoms with E-state index in [1.807, 2.05) is 12.1 Å². The molecule has 0 saturated heterocycles. The number of carbonyl (C=O) groups is 1. The molecule has 0 fully saturated rings. The summed E-state index contributed by atoms with van der Waals surface area (Å²) in [6.45, 7) is 6.28. The first kappa shape index (κ1) is 24.7. The van der Waals surface area contributed by atoms with Gasteiger partial charge in [0.1, 0.15) is 22.5 Å². The van der Waals surface area contributed by atoms with Crippen LogP contribution in [0.15, 0.2) is 24.4 Å². The number of aromatic nitrogens is 4. The molecule has 176 valence electrons. The van der Waals surface area contributed by atoms with Gasteiger partial charge < -0.3 is 10.1 Å². The Bertz CT molecular complexity index is 1320. The molecule has 3 rings (SSSR count). The van der Waals surface area contributed by atoms with E-state index >= 15 is 0 Å². The number of alkyl halides is 3. The topological polar surface area (TPSA) is 130 Å². The fourth-order valence-electron chi connectivity index (χ4n) is 2.96. The van der Waals surface area contributed by atoms with Crippen LogP contribution < -0.4 is 10.1 Å². The Balaban J connectivity index is 1.94. The van der Waals surface area contributed by atoms with Crippen LogP contribution in [0, 0.1) is 29.6 Å². The monoisotopic (exact) mass is 489 g/mol. The van der Waals surface area contributed by atoms with Crippen LogP contribution in [-0.2, 0) is 5.41 Å². The van der Waals surface area contributed by atoms with Crippen LogP contribution in [0.2, 0.25) is 0 Å². The second-order valence-electron chi connectivity index (χ2n) is 7.77. The van der Waals surface area contributed by atoms with Crippen molar-refractivity contribution >= 4 is 17.2 Å². The van der Waals surface area contributed by atoms with E-state index < -0.39 is 29.5 Å². The molecule has 3 aromatic rings. The highest BCUT2D eigenvalue weighted by molar-refractivity contribution is 7.14. The number of amides is 1. The first-order valence-corrected chi connectivity index (χ1v) is 10.6. The molecule has 0 bridgehead atoms. The molecule has 0 saturated carbocycles. The summed E-state index contributed by atoms with van der Waals surface area (Å²) in [5.74, 6) is -0.621. The van der Waals surface area contributed by atoms with E-state index in [0.29, 0.717) is 21.7 Å². The molecule has 0 unspecified atom stereocenters. The van der Waals surface area contributed by atoms with Gasteiger partial charge in [-0.15, -0.1) is 18.3 Å². The van der Waals surface area contributed by atoms with Crippen molar-refractivity contribution in [2.24, 2.45) is 0 Å². The summed E-state index contributed by atoms with van der Waals surface area (Å²) in [5.41, 5.74) is -1.12. The van der Waals surface area contributed by atoms with E-state index in [1.54, 1.807) is 13.8 Å². The normalized spacial score (nSPS) is 12.5. The largest absolute Gasteiger partial charge is 0.573 e. The van der Waals surface area contributed by atoms with Crippen molar-refractivity contribution in [3.8, 4) is 23.0 Å². The number of hydrogen-bond donors (Lipinski definition) is 1. The molecule has 1 N–H and O–H groups in total. The third-order valence-corrected chi connectivity index (χ3v) is 5.54. The number of hydrogen-bond acceptors (Lipinski definition) is 8. The van der Waals surface area contributed by atoms with E-state index in [2.05, 4.69) is 25.1 Å². The third-order valence-electron chi connectivity index (χ3n) is 4.66. The third kappa shape index (κ3) is 5.50. The zero-order chi connectivity index (χ0) is 25.3. The molecule has 1 atom stereocenters. The van der Waals surface area contributed by atoms with Crippen molar-refractivity contribution in [2.45, 2.75) is 45.5 Å². The Morgan fingerprint density at radius 2 is 1.97 bits per heavy atom. The molecule has 2 aromatic heterocycles. The molecule has 34 heavy (non-hydrogen) atoms. The molecule has 1 amide bonds. The molecule has 2 heterocycles. The zero-order valence-corrected chi connectivity index (χ0v) is 19.2. The maximum Gasteiger partial charge on any atom is 0.573 e. The maximum atomic E-state index is 13.0. The lowest BCUT2D eigenvalue weighted by Gasteiger charge is -2.20. The van der Waals surface area contributed by atoms with Crippen molar-refractivity contribution in [2.75, 3.05) is 0 Å². The summed E-state index contributed by atoms with van der Waals surface area (Å²) in [6, 6.07) is 6.60. The fraction of sp³-hybridized carbons (Fsp3) is 0.333. The van der Waals surface area contributed by atoms with Crippen LogP contribution in [0.1, 0.15) is 59.3 Å². The standard InChI is InChI=1S/C21H18F3N7O2S/c1-11(17-29-12(2)30-31(17)19-27-9-16(8-25)34-19)28-18(32)13-5-14(20(3,4)10-26)7-15(6-13)33-21(22,23)24/h5-7,9,11H,1-4H3,(H,28,32)/t11-/m0/s1. The van der Waals surface area contributed by atoms with E-state index in [1.165, 1.54) is 30.8 Å². The van der Waals surface area contributed by atoms with Crippen molar-refractivity contribution in [1.82, 2.24) is 25.1 Å². The number of benzene rings is 1. The van der Waals surface area contributed by atoms with Crippen LogP contribution in [0.25, 0.3) is 5.13 Å². The Labute approximate surface area is 196 Å². The van der Waals surface area contributed by atoms with Crippen molar-refractivity contribution in [3.05, 3.63) is 52.0 Å². The molecule has 0 aliphatic rings. The van der Waals surface area contributed by atoms with Crippen LogP contribution in [0.5, 0.6) is 5.75 Å². The number of rotatable bonds is 6. The van der Waals surface area contributed by atoms with Gasteiger partial charge in [-0.05, 0) is 51.5 Å². The Morgan fingerprint density at radius 1 is 1.26 bits per heavy atom. The average Bonchev–Trinajstić information content (AvgIpc) is 3.38. The first-order valence-electron chi connectivity index (χ1n) is 9.76. The van der Waals surface area contributed by atoms with Gasteiger partial charge in [0.15, 0.2) is 5.82 Å². The lowest BCUT2D eigenvalue weighted by molar-refractivity contribution is -0.274. The predicted molar refractivity (Wildman–Crippen MR) is 114 cm³/mol. The van der Waals surface area contributed by atoms with Crippen LogP contribution in [0.4, 0.5) is 13.2 Å². The van der Waals surface area contributed by atoms with E-state index in [-0.39, 0.29) is 11.1 Å². The van der Waals surface area contributed by atoms with Crippen LogP contribution >= 0.6 is 11.3 Å². The number of aryl methyl sites for hydroxylation is 1. The minimum Gasteiger partial charge on any atom is -0.406 e. The molecular formula is C21H18F3N7O2S. The Morgan fingerprint density at radius 3 is 2.56 bits per heavy atom. The SMILES string of the molecule is Cc1nc([C@H](C)NC(=O)c2cc(OC(F)(F)F)cc(C(C)(C)C#N)c2)n(-c2ncc(C#N)s2)n1. The highest BCUT2D eigenvalue weighted by Crippen LogP contribution is 2.31. The van der Waals surface area contributed by atoms with E-state index in [4.69, 9.17) is 5.26 Å². The quantitative estimate of drug-likeness (QED) is 0.552. The molecular weight excluding hydrogens is 471 g/mol. The Hall–Kier alpha value is -3.97. The predicted octanol–water partition coefficient (Wildman–Crippen LogP) is 4.09. The van der Waals surface area contributed by atoms with Gasteiger partial charge in [-0.3, -0.25) is 4.79 Å². The second-order valence-corrected chi connectivity index (χ2v) is 8.78. The number of nitrogens with zero attached hydrogens (tertiary/aromatic N) is 6. The lowest BCUT2D eigenvalue weighted by atomic mass is 9.85. The minimum atomic E-state index is -4.97. The smallest absolute Gasteiger partial charge is 0.406 e. The first-order chi connectivity index (χ1) is 15.8. The number of carbonyl (C=O) groups excluding carboxylic acids is 1. The molecule has 0 aliphatic carbocycles. The maximum absolute atomic E-state index is 13.0. The highest BCUT2D eigenvalue weighted by Gasteiger charge is 2.33. The van der Waals surface area contributed by atoms with Crippen molar-refractivity contribution in [3.63, 3.8) is 0 Å². The summed E-state index contributed by atoms with van der Waals surface area (Å²) < 4.78 is 43.9. The number of halogens is 3. The van der Waals surface area contributed by atoms with Crippen LogP contribution in [-0.4, -0.2) is 32.0 Å². The van der Waals surface area contributed by atoms with Crippen molar-refractivity contribution in [1.29, 1.82) is 10.5 Å². The summed E-state index contributed by atoms with van der Waals surface area (Å²) in [5, 5.41) is 25.7. The van der Waals surface area contributed by atoms with E-state index in [9.17, 15) is 23.2 Å². The number of nitriles is 2. The van der Waals surface area contributed by atoms with Gasteiger partial charge in [-0.25, -0.2) is 9.97 Å². The number of ether oxygens (including phenoxy) is 1. The fourth-order valence-corrected chi connectivity index (χ4v) is 3.63. The van der Waals surface area contributed by atoms with Gasteiger partial charge in [-0.1, -0.05) is 11.3 Å². The average molecular weight is 489 g/mol. The zero-order valence-electron chi connectivity index (χ0n) is 18.4. The van der Waals surface area contributed by atoms with Gasteiger partial charge in [0.2, 0.25) is 5.13 Å². The van der Waals surface area contributed by atoms with Gasteiger partial charge in [0.25, 0.3) is 5.91 Å². The summed E-state index contributed by atoms with van der Waals surface area (Å²) in [7, 11) is 0. The minimum absolute atomic E-state index is 0.129.